The topological polar surface area (TPSA) is 104 Å². The Kier molecular flexibility index (Phi) is 7.26. The Morgan fingerprint density at radius 1 is 0.756 bits per heavy atom. The van der Waals surface area contributed by atoms with Crippen molar-refractivity contribution in [3.63, 3.8) is 0 Å². The second kappa shape index (κ2) is 11.2. The predicted octanol–water partition coefficient (Wildman–Crippen LogP) is 5.13. The molecule has 1 aliphatic carbocycles. The SMILES string of the molecule is COc1ccccc1C1C(C(=O)Oc2cccc(-c3ccc4c(c3)OCO4)c2)[C@H](c2ccccc2OC)C1C(O)O. The number of hydrogen-bond acceptors (Lipinski definition) is 8. The second-order valence-corrected chi connectivity index (χ2v) is 10.1. The summed E-state index contributed by atoms with van der Waals surface area (Å²) in [5.41, 5.74) is 3.14. The van der Waals surface area contributed by atoms with Crippen molar-refractivity contribution in [2.24, 2.45) is 11.8 Å². The number of hydrogen-bond donors (Lipinski definition) is 2. The van der Waals surface area contributed by atoms with Crippen LogP contribution in [0.25, 0.3) is 11.1 Å². The van der Waals surface area contributed by atoms with E-state index in [1.165, 1.54) is 0 Å². The number of fused-ring (bicyclic) bond motifs is 1. The fraction of sp³-hybridized carbons (Fsp3) is 0.242. The molecule has 4 atom stereocenters. The van der Waals surface area contributed by atoms with Crippen molar-refractivity contribution in [2.75, 3.05) is 21.0 Å². The summed E-state index contributed by atoms with van der Waals surface area (Å²) in [5, 5.41) is 21.2. The Balaban J connectivity index is 1.37. The van der Waals surface area contributed by atoms with Gasteiger partial charge in [-0.3, -0.25) is 4.79 Å². The highest BCUT2D eigenvalue weighted by Crippen LogP contribution is 2.61. The van der Waals surface area contributed by atoms with Gasteiger partial charge in [-0.25, -0.2) is 0 Å². The lowest BCUT2D eigenvalue weighted by atomic mass is 9.52. The maximum absolute atomic E-state index is 14.0. The van der Waals surface area contributed by atoms with E-state index in [-0.39, 0.29) is 6.79 Å². The van der Waals surface area contributed by atoms with Gasteiger partial charge >= 0.3 is 5.97 Å². The standard InChI is InChI=1S/C33H30O8/c1-37-24-12-5-3-10-22(24)28-30(32(34)35)29(23-11-4-6-13-25(23)38-2)31(28)33(36)41-21-9-7-8-19(16-21)20-14-15-26-27(17-20)40-18-39-26/h3-17,28-32,34-35H,18H2,1-2H3/t28-,29?,30?,31?/m1/s1. The molecule has 0 amide bonds. The van der Waals surface area contributed by atoms with Crippen LogP contribution in [-0.4, -0.2) is 43.5 Å². The Bertz CT molecular complexity index is 1510. The van der Waals surface area contributed by atoms with E-state index in [9.17, 15) is 15.0 Å². The number of benzene rings is 4. The molecule has 1 saturated carbocycles. The molecule has 0 spiro atoms. The lowest BCUT2D eigenvalue weighted by Gasteiger charge is -2.52. The molecular weight excluding hydrogens is 524 g/mol. The number of aliphatic hydroxyl groups excluding tert-OH is 1. The maximum Gasteiger partial charge on any atom is 0.315 e. The number of para-hydroxylation sites is 2. The molecule has 1 heterocycles. The Hall–Kier alpha value is -4.53. The van der Waals surface area contributed by atoms with Crippen molar-refractivity contribution in [1.82, 2.24) is 0 Å². The fourth-order valence-electron chi connectivity index (χ4n) is 6.13. The molecule has 8 heteroatoms. The fourth-order valence-corrected chi connectivity index (χ4v) is 6.13. The van der Waals surface area contributed by atoms with Crippen LogP contribution in [0.3, 0.4) is 0 Å². The highest BCUT2D eigenvalue weighted by molar-refractivity contribution is 5.81. The van der Waals surface area contributed by atoms with Gasteiger partial charge in [0.1, 0.15) is 17.2 Å². The van der Waals surface area contributed by atoms with Crippen LogP contribution in [0.1, 0.15) is 23.0 Å². The minimum atomic E-state index is -1.70. The number of esters is 1. The van der Waals surface area contributed by atoms with Crippen LogP contribution in [-0.2, 0) is 4.79 Å². The van der Waals surface area contributed by atoms with Crippen LogP contribution in [0.2, 0.25) is 0 Å². The normalized spacial score (nSPS) is 20.8. The first kappa shape index (κ1) is 26.7. The van der Waals surface area contributed by atoms with Crippen LogP contribution in [0.4, 0.5) is 0 Å². The van der Waals surface area contributed by atoms with Gasteiger partial charge in [-0.15, -0.1) is 0 Å². The smallest absolute Gasteiger partial charge is 0.315 e. The molecule has 0 aromatic heterocycles. The zero-order valence-electron chi connectivity index (χ0n) is 22.6. The molecular formula is C33H30O8. The molecule has 1 aliphatic heterocycles. The number of ether oxygens (including phenoxy) is 5. The van der Waals surface area contributed by atoms with Gasteiger partial charge in [0, 0.05) is 17.8 Å². The van der Waals surface area contributed by atoms with Crippen molar-refractivity contribution in [1.29, 1.82) is 0 Å². The summed E-state index contributed by atoms with van der Waals surface area (Å²) in [6.07, 6.45) is -1.70. The van der Waals surface area contributed by atoms with Gasteiger partial charge in [0.05, 0.1) is 20.1 Å². The molecule has 8 nitrogen and oxygen atoms in total. The third-order valence-electron chi connectivity index (χ3n) is 7.97. The largest absolute Gasteiger partial charge is 0.496 e. The molecule has 0 bridgehead atoms. The Labute approximate surface area is 237 Å². The summed E-state index contributed by atoms with van der Waals surface area (Å²) < 4.78 is 28.1. The summed E-state index contributed by atoms with van der Waals surface area (Å²) in [4.78, 5) is 14.0. The number of carbonyl (C=O) groups excluding carboxylic acids is 1. The van der Waals surface area contributed by atoms with E-state index in [1.54, 1.807) is 38.5 Å². The molecule has 4 aromatic rings. The maximum atomic E-state index is 14.0. The molecule has 210 valence electrons. The lowest BCUT2D eigenvalue weighted by molar-refractivity contribution is -0.168. The molecule has 0 radical (unpaired) electrons. The van der Waals surface area contributed by atoms with Crippen LogP contribution >= 0.6 is 0 Å². The number of carbonyl (C=O) groups is 1. The Morgan fingerprint density at radius 2 is 1.37 bits per heavy atom. The number of methoxy groups -OCH3 is 2. The Morgan fingerprint density at radius 3 is 2.00 bits per heavy atom. The van der Waals surface area contributed by atoms with Gasteiger partial charge in [-0.05, 0) is 58.7 Å². The van der Waals surface area contributed by atoms with Crippen LogP contribution in [0.5, 0.6) is 28.7 Å². The van der Waals surface area contributed by atoms with Crippen LogP contribution < -0.4 is 23.7 Å². The van der Waals surface area contributed by atoms with Crippen molar-refractivity contribution in [2.45, 2.75) is 18.1 Å². The third-order valence-corrected chi connectivity index (χ3v) is 7.97. The minimum Gasteiger partial charge on any atom is -0.496 e. The van der Waals surface area contributed by atoms with E-state index >= 15 is 0 Å². The third kappa shape index (κ3) is 4.85. The van der Waals surface area contributed by atoms with Gasteiger partial charge in [0.25, 0.3) is 0 Å². The molecule has 2 aliphatic rings. The molecule has 2 N–H and O–H groups in total. The summed E-state index contributed by atoms with van der Waals surface area (Å²) in [6.45, 7) is 0.183. The second-order valence-electron chi connectivity index (χ2n) is 10.1. The van der Waals surface area contributed by atoms with E-state index in [2.05, 4.69) is 0 Å². The number of aliphatic hydroxyl groups is 2. The van der Waals surface area contributed by atoms with Gasteiger partial charge < -0.3 is 33.9 Å². The van der Waals surface area contributed by atoms with Crippen LogP contribution in [0.15, 0.2) is 91.0 Å². The highest BCUT2D eigenvalue weighted by Gasteiger charge is 2.59. The quantitative estimate of drug-likeness (QED) is 0.176. The summed E-state index contributed by atoms with van der Waals surface area (Å²) in [6, 6.07) is 27.5. The van der Waals surface area contributed by atoms with Gasteiger partial charge in [0.15, 0.2) is 17.8 Å². The van der Waals surface area contributed by atoms with Crippen LogP contribution in [0, 0.1) is 11.8 Å². The summed E-state index contributed by atoms with van der Waals surface area (Å²) >= 11 is 0. The van der Waals surface area contributed by atoms with Gasteiger partial charge in [0.2, 0.25) is 6.79 Å². The molecule has 4 aromatic carbocycles. The predicted molar refractivity (Wildman–Crippen MR) is 150 cm³/mol. The molecule has 3 unspecified atom stereocenters. The van der Waals surface area contributed by atoms with Crippen molar-refractivity contribution >= 4 is 5.97 Å². The van der Waals surface area contributed by atoms with E-state index in [4.69, 9.17) is 23.7 Å². The van der Waals surface area contributed by atoms with E-state index in [0.29, 0.717) is 39.9 Å². The lowest BCUT2D eigenvalue weighted by Crippen LogP contribution is -2.53. The zero-order chi connectivity index (χ0) is 28.5. The van der Waals surface area contributed by atoms with Gasteiger partial charge in [-0.1, -0.05) is 54.6 Å². The first-order chi connectivity index (χ1) is 20.0. The van der Waals surface area contributed by atoms with Crippen molar-refractivity contribution < 1.29 is 38.7 Å². The van der Waals surface area contributed by atoms with E-state index in [1.807, 2.05) is 66.7 Å². The average Bonchev–Trinajstić information content (AvgIpc) is 3.45. The first-order valence-corrected chi connectivity index (χ1v) is 13.3. The summed E-state index contributed by atoms with van der Waals surface area (Å²) in [7, 11) is 3.10. The molecule has 0 saturated heterocycles. The van der Waals surface area contributed by atoms with Gasteiger partial charge in [-0.2, -0.15) is 0 Å². The van der Waals surface area contributed by atoms with Crippen molar-refractivity contribution in [3.8, 4) is 39.9 Å². The molecule has 41 heavy (non-hydrogen) atoms. The summed E-state index contributed by atoms with van der Waals surface area (Å²) in [5.74, 6) is -0.264. The highest BCUT2D eigenvalue weighted by atomic mass is 16.7. The molecule has 1 fully saturated rings. The minimum absolute atomic E-state index is 0.183. The zero-order valence-corrected chi connectivity index (χ0v) is 22.6. The first-order valence-electron chi connectivity index (χ1n) is 13.3. The van der Waals surface area contributed by atoms with Crippen molar-refractivity contribution in [3.05, 3.63) is 102 Å². The van der Waals surface area contributed by atoms with E-state index in [0.717, 1.165) is 11.1 Å². The van der Waals surface area contributed by atoms with E-state index < -0.39 is 35.9 Å². The monoisotopic (exact) mass is 554 g/mol. The number of rotatable bonds is 8. The average molecular weight is 555 g/mol. The molecule has 6 rings (SSSR count).